The molecule has 0 aromatic heterocycles. The molecule has 1 aliphatic rings. The van der Waals surface area contributed by atoms with Gasteiger partial charge >= 0.3 is 0 Å². The van der Waals surface area contributed by atoms with Crippen molar-refractivity contribution in [1.29, 1.82) is 0 Å². The second-order valence-corrected chi connectivity index (χ2v) is 8.65. The van der Waals surface area contributed by atoms with Gasteiger partial charge in [-0.3, -0.25) is 4.99 Å². The molecule has 0 fully saturated rings. The van der Waals surface area contributed by atoms with Crippen molar-refractivity contribution in [3.63, 3.8) is 0 Å². The monoisotopic (exact) mass is 380 g/mol. The van der Waals surface area contributed by atoms with Crippen LogP contribution in [0.25, 0.3) is 0 Å². The van der Waals surface area contributed by atoms with Gasteiger partial charge in [-0.1, -0.05) is 103 Å². The predicted molar refractivity (Wildman–Crippen MR) is 120 cm³/mol. The highest BCUT2D eigenvalue weighted by atomic mass is 16.3. The molecule has 1 heterocycles. The van der Waals surface area contributed by atoms with Gasteiger partial charge in [0, 0.05) is 19.5 Å². The zero-order valence-electron chi connectivity index (χ0n) is 18.6. The summed E-state index contributed by atoms with van der Waals surface area (Å²) in [6, 6.07) is 0. The van der Waals surface area contributed by atoms with Crippen molar-refractivity contribution in [2.75, 3.05) is 19.6 Å². The molecule has 0 aromatic carbocycles. The fourth-order valence-corrected chi connectivity index (χ4v) is 4.11. The standard InChI is InChI=1S/C24H48N2O/c1-3-4-5-6-7-8-9-10-11-12-13-14-15-16-17-18-19-24-25-20-21-26(24)22-23(2)27/h23,27H,3-22H2,1-2H3. The molecule has 1 unspecified atom stereocenters. The lowest BCUT2D eigenvalue weighted by atomic mass is 10.0. The van der Waals surface area contributed by atoms with Gasteiger partial charge in [-0.2, -0.15) is 0 Å². The third-order valence-electron chi connectivity index (χ3n) is 5.77. The number of hydrogen-bond acceptors (Lipinski definition) is 3. The number of unbranched alkanes of at least 4 members (excludes halogenated alkanes) is 15. The van der Waals surface area contributed by atoms with E-state index in [1.54, 1.807) is 0 Å². The lowest BCUT2D eigenvalue weighted by Gasteiger charge is -2.21. The lowest BCUT2D eigenvalue weighted by Crippen LogP contribution is -2.34. The zero-order valence-corrected chi connectivity index (χ0v) is 18.6. The Balaban J connectivity index is 1.78. The van der Waals surface area contributed by atoms with Gasteiger partial charge in [-0.25, -0.2) is 0 Å². The fraction of sp³-hybridized carbons (Fsp3) is 0.958. The van der Waals surface area contributed by atoms with Crippen LogP contribution >= 0.6 is 0 Å². The van der Waals surface area contributed by atoms with E-state index in [1.165, 1.54) is 109 Å². The van der Waals surface area contributed by atoms with Crippen molar-refractivity contribution in [2.45, 2.75) is 129 Å². The zero-order chi connectivity index (χ0) is 19.6. The third kappa shape index (κ3) is 14.1. The van der Waals surface area contributed by atoms with Crippen molar-refractivity contribution in [2.24, 2.45) is 4.99 Å². The summed E-state index contributed by atoms with van der Waals surface area (Å²) in [6.07, 6.45) is 23.5. The second kappa shape index (κ2) is 17.5. The summed E-state index contributed by atoms with van der Waals surface area (Å²) < 4.78 is 0. The van der Waals surface area contributed by atoms with Crippen LogP contribution in [0.1, 0.15) is 123 Å². The number of aliphatic hydroxyl groups excluding tert-OH is 1. The molecule has 160 valence electrons. The topological polar surface area (TPSA) is 35.8 Å². The second-order valence-electron chi connectivity index (χ2n) is 8.65. The van der Waals surface area contributed by atoms with Gasteiger partial charge < -0.3 is 10.0 Å². The number of rotatable bonds is 19. The average Bonchev–Trinajstić information content (AvgIpc) is 3.07. The Morgan fingerprint density at radius 3 is 1.67 bits per heavy atom. The first kappa shape index (κ1) is 24.5. The first-order valence-corrected chi connectivity index (χ1v) is 12.2. The maximum absolute atomic E-state index is 9.55. The van der Waals surface area contributed by atoms with Gasteiger partial charge in [0.15, 0.2) is 0 Å². The summed E-state index contributed by atoms with van der Waals surface area (Å²) in [5.41, 5.74) is 0. The number of amidine groups is 1. The van der Waals surface area contributed by atoms with Crippen LogP contribution in [-0.4, -0.2) is 41.6 Å². The van der Waals surface area contributed by atoms with Crippen LogP contribution in [0.4, 0.5) is 0 Å². The molecule has 1 N–H and O–H groups in total. The van der Waals surface area contributed by atoms with Gasteiger partial charge in [0.2, 0.25) is 0 Å². The first-order valence-electron chi connectivity index (χ1n) is 12.2. The molecule has 0 aliphatic carbocycles. The first-order chi connectivity index (χ1) is 13.2. The van der Waals surface area contributed by atoms with Crippen LogP contribution in [0.3, 0.4) is 0 Å². The molecule has 3 nitrogen and oxygen atoms in total. The third-order valence-corrected chi connectivity index (χ3v) is 5.77. The Labute approximate surface area is 170 Å². The van der Waals surface area contributed by atoms with Crippen molar-refractivity contribution < 1.29 is 5.11 Å². The minimum Gasteiger partial charge on any atom is -0.392 e. The summed E-state index contributed by atoms with van der Waals surface area (Å²) in [5, 5.41) is 9.55. The number of nitrogens with zero attached hydrogens (tertiary/aromatic N) is 2. The number of aliphatic imine (C=N–C) groups is 1. The molecule has 0 saturated heterocycles. The van der Waals surface area contributed by atoms with Gasteiger partial charge in [0.05, 0.1) is 18.5 Å². The van der Waals surface area contributed by atoms with E-state index >= 15 is 0 Å². The molecule has 0 saturated carbocycles. The number of hydrogen-bond donors (Lipinski definition) is 1. The molecular weight excluding hydrogens is 332 g/mol. The van der Waals surface area contributed by atoms with Crippen molar-refractivity contribution in [3.8, 4) is 0 Å². The quantitative estimate of drug-likeness (QED) is 0.252. The number of aliphatic hydroxyl groups is 1. The molecule has 3 heteroatoms. The highest BCUT2D eigenvalue weighted by molar-refractivity contribution is 5.83. The number of β-amino-alcohol motifs (C(OH)–C–C–N with tert-alkyl or cyclic N) is 1. The van der Waals surface area contributed by atoms with E-state index in [-0.39, 0.29) is 6.10 Å². The molecule has 27 heavy (non-hydrogen) atoms. The smallest absolute Gasteiger partial charge is 0.0991 e. The van der Waals surface area contributed by atoms with Crippen LogP contribution in [0.2, 0.25) is 0 Å². The Morgan fingerprint density at radius 1 is 0.778 bits per heavy atom. The van der Waals surface area contributed by atoms with Crippen molar-refractivity contribution in [3.05, 3.63) is 0 Å². The van der Waals surface area contributed by atoms with Crippen LogP contribution < -0.4 is 0 Å². The van der Waals surface area contributed by atoms with Crippen LogP contribution in [0.15, 0.2) is 4.99 Å². The highest BCUT2D eigenvalue weighted by Gasteiger charge is 2.17. The van der Waals surface area contributed by atoms with E-state index in [4.69, 9.17) is 0 Å². The summed E-state index contributed by atoms with van der Waals surface area (Å²) >= 11 is 0. The highest BCUT2D eigenvalue weighted by Crippen LogP contribution is 2.15. The predicted octanol–water partition coefficient (Wildman–Crippen LogP) is 6.73. The van der Waals surface area contributed by atoms with Gasteiger partial charge in [-0.05, 0) is 13.3 Å². The molecule has 0 radical (unpaired) electrons. The van der Waals surface area contributed by atoms with Gasteiger partial charge in [0.25, 0.3) is 0 Å². The molecule has 0 bridgehead atoms. The molecule has 0 aromatic rings. The van der Waals surface area contributed by atoms with Crippen LogP contribution in [-0.2, 0) is 0 Å². The Bertz CT molecular complexity index is 354. The maximum atomic E-state index is 9.55. The Morgan fingerprint density at radius 2 is 1.22 bits per heavy atom. The summed E-state index contributed by atoms with van der Waals surface area (Å²) in [6.45, 7) is 6.82. The van der Waals surface area contributed by atoms with E-state index in [1.807, 2.05) is 6.92 Å². The molecule has 1 rings (SSSR count). The van der Waals surface area contributed by atoms with Gasteiger partial charge in [0.1, 0.15) is 0 Å². The van der Waals surface area contributed by atoms with Gasteiger partial charge in [-0.15, -0.1) is 0 Å². The minimum absolute atomic E-state index is 0.251. The minimum atomic E-state index is -0.251. The molecule has 1 aliphatic heterocycles. The van der Waals surface area contributed by atoms with E-state index < -0.39 is 0 Å². The molecule has 0 amide bonds. The van der Waals surface area contributed by atoms with Crippen LogP contribution in [0, 0.1) is 0 Å². The summed E-state index contributed by atoms with van der Waals surface area (Å²) in [4.78, 5) is 6.88. The van der Waals surface area contributed by atoms with Crippen molar-refractivity contribution in [1.82, 2.24) is 4.90 Å². The molecular formula is C24H48N2O. The van der Waals surface area contributed by atoms with E-state index in [9.17, 15) is 5.11 Å². The van der Waals surface area contributed by atoms with E-state index in [2.05, 4.69) is 16.8 Å². The molecule has 0 spiro atoms. The SMILES string of the molecule is CCCCCCCCCCCCCCCCCCC1=NCCN1CC(C)O. The lowest BCUT2D eigenvalue weighted by molar-refractivity contribution is 0.162. The largest absolute Gasteiger partial charge is 0.392 e. The van der Waals surface area contributed by atoms with Crippen molar-refractivity contribution >= 4 is 5.84 Å². The average molecular weight is 381 g/mol. The maximum Gasteiger partial charge on any atom is 0.0991 e. The van der Waals surface area contributed by atoms with E-state index in [0.717, 1.165) is 26.1 Å². The van der Waals surface area contributed by atoms with E-state index in [0.29, 0.717) is 0 Å². The summed E-state index contributed by atoms with van der Waals surface area (Å²) in [5.74, 6) is 1.24. The fourth-order valence-electron chi connectivity index (χ4n) is 4.11. The normalized spacial score (nSPS) is 15.4. The van der Waals surface area contributed by atoms with Crippen LogP contribution in [0.5, 0.6) is 0 Å². The Hall–Kier alpha value is -0.570. The summed E-state index contributed by atoms with van der Waals surface area (Å²) in [7, 11) is 0. The Kier molecular flexibility index (Phi) is 15.9. The molecule has 1 atom stereocenters.